The Labute approximate surface area is 130 Å². The summed E-state index contributed by atoms with van der Waals surface area (Å²) in [7, 11) is -4.13. The predicted molar refractivity (Wildman–Crippen MR) is 81.6 cm³/mol. The first-order valence-corrected chi connectivity index (χ1v) is 10.0. The summed E-state index contributed by atoms with van der Waals surface area (Å²) in [5, 5.41) is -0.651. The lowest BCUT2D eigenvalue weighted by Gasteiger charge is -2.17. The van der Waals surface area contributed by atoms with Crippen LogP contribution in [0.5, 0.6) is 11.5 Å². The number of hydrogen-bond acceptors (Lipinski definition) is 6. The Kier molecular flexibility index (Phi) is 4.69. The summed E-state index contributed by atoms with van der Waals surface area (Å²) in [5.74, 6) is 0.735. The molecule has 0 saturated carbocycles. The maximum atomic E-state index is 12.6. The number of rotatable bonds is 5. The van der Waals surface area contributed by atoms with Gasteiger partial charge < -0.3 is 9.47 Å². The van der Waals surface area contributed by atoms with E-state index in [4.69, 9.17) is 9.47 Å². The zero-order chi connectivity index (χ0) is 16.5. The van der Waals surface area contributed by atoms with Gasteiger partial charge in [0.05, 0.1) is 24.4 Å². The maximum Gasteiger partial charge on any atom is 0.243 e. The lowest BCUT2D eigenvalue weighted by Crippen LogP contribution is -2.31. The maximum absolute atomic E-state index is 12.6. The molecule has 2 rings (SSSR count). The lowest BCUT2D eigenvalue weighted by molar-refractivity contribution is 0.353. The molecule has 1 aliphatic heterocycles. The van der Waals surface area contributed by atoms with Gasteiger partial charge in [-0.1, -0.05) is 0 Å². The summed E-state index contributed by atoms with van der Waals surface area (Å²) >= 11 is 0. The fourth-order valence-electron chi connectivity index (χ4n) is 2.39. The van der Waals surface area contributed by atoms with Crippen LogP contribution >= 0.6 is 0 Å². The molecule has 1 fully saturated rings. The summed E-state index contributed by atoms with van der Waals surface area (Å²) in [4.78, 5) is 0.0549. The van der Waals surface area contributed by atoms with Gasteiger partial charge in [-0.25, -0.2) is 16.8 Å². The third kappa shape index (κ3) is 3.21. The van der Waals surface area contributed by atoms with Gasteiger partial charge in [-0.15, -0.1) is 0 Å². The van der Waals surface area contributed by atoms with Gasteiger partial charge in [0, 0.05) is 25.4 Å². The number of ether oxygens (including phenoxy) is 2. The molecule has 0 radical (unpaired) electrons. The van der Waals surface area contributed by atoms with E-state index < -0.39 is 25.1 Å². The van der Waals surface area contributed by atoms with Crippen molar-refractivity contribution in [2.24, 2.45) is 0 Å². The van der Waals surface area contributed by atoms with Crippen LogP contribution in [0.3, 0.4) is 0 Å². The minimum Gasteiger partial charge on any atom is -0.493 e. The fraction of sp³-hybridized carbons (Fsp3) is 0.538. The highest BCUT2D eigenvalue weighted by molar-refractivity contribution is 7.91. The SMILES string of the molecule is COc1ccc(S(=O)(=O)N2CCC(S(C)(=O)=O)C2)cc1OC. The second-order valence-corrected chi connectivity index (χ2v) is 9.38. The quantitative estimate of drug-likeness (QED) is 0.769. The lowest BCUT2D eigenvalue weighted by atomic mass is 10.3. The number of nitrogens with zero attached hydrogens (tertiary/aromatic N) is 1. The van der Waals surface area contributed by atoms with Gasteiger partial charge in [0.15, 0.2) is 21.3 Å². The standard InChI is InChI=1S/C13H19NO6S2/c1-19-12-5-4-10(8-13(12)20-2)22(17,18)14-7-6-11(9-14)21(3,15)16/h4-5,8,11H,6-7,9H2,1-3H3. The largest absolute Gasteiger partial charge is 0.493 e. The molecule has 0 aromatic heterocycles. The molecule has 9 heteroatoms. The van der Waals surface area contributed by atoms with Gasteiger partial charge in [-0.3, -0.25) is 0 Å². The van der Waals surface area contributed by atoms with Crippen molar-refractivity contribution in [3.05, 3.63) is 18.2 Å². The molecule has 1 unspecified atom stereocenters. The highest BCUT2D eigenvalue weighted by Crippen LogP contribution is 2.32. The Bertz CT molecular complexity index is 757. The molecule has 0 bridgehead atoms. The molecule has 7 nitrogen and oxygen atoms in total. The first-order chi connectivity index (χ1) is 10.2. The van der Waals surface area contributed by atoms with Crippen LogP contribution < -0.4 is 9.47 Å². The molecule has 1 saturated heterocycles. The number of sulfone groups is 1. The summed E-state index contributed by atoms with van der Waals surface area (Å²) in [5.41, 5.74) is 0. The monoisotopic (exact) mass is 349 g/mol. The van der Waals surface area contributed by atoms with Crippen molar-refractivity contribution in [2.75, 3.05) is 33.6 Å². The average molecular weight is 349 g/mol. The van der Waals surface area contributed by atoms with Gasteiger partial charge in [-0.05, 0) is 18.6 Å². The van der Waals surface area contributed by atoms with Crippen LogP contribution in [0.4, 0.5) is 0 Å². The molecule has 1 aliphatic rings. The van der Waals surface area contributed by atoms with Crippen LogP contribution in [0.25, 0.3) is 0 Å². The van der Waals surface area contributed by atoms with Crippen molar-refractivity contribution in [2.45, 2.75) is 16.6 Å². The molecule has 1 heterocycles. The Morgan fingerprint density at radius 3 is 2.23 bits per heavy atom. The Morgan fingerprint density at radius 1 is 1.09 bits per heavy atom. The zero-order valence-corrected chi connectivity index (χ0v) is 14.3. The topological polar surface area (TPSA) is 90.0 Å². The van der Waals surface area contributed by atoms with Crippen LogP contribution in [-0.2, 0) is 19.9 Å². The van der Waals surface area contributed by atoms with Gasteiger partial charge in [0.25, 0.3) is 0 Å². The van der Waals surface area contributed by atoms with E-state index in [9.17, 15) is 16.8 Å². The molecule has 1 aromatic rings. The minimum atomic E-state index is -3.76. The first kappa shape index (κ1) is 17.0. The second-order valence-electron chi connectivity index (χ2n) is 5.12. The van der Waals surface area contributed by atoms with Crippen molar-refractivity contribution in [3.8, 4) is 11.5 Å². The summed E-state index contributed by atoms with van der Waals surface area (Å²) < 4.78 is 59.7. The van der Waals surface area contributed by atoms with Crippen LogP contribution in [0.15, 0.2) is 23.1 Å². The predicted octanol–water partition coefficient (Wildman–Crippen LogP) is 0.511. The van der Waals surface area contributed by atoms with Gasteiger partial charge in [0.2, 0.25) is 10.0 Å². The van der Waals surface area contributed by atoms with E-state index in [-0.39, 0.29) is 18.0 Å². The van der Waals surface area contributed by atoms with Gasteiger partial charge in [0.1, 0.15) is 0 Å². The molecule has 1 aromatic carbocycles. The molecule has 22 heavy (non-hydrogen) atoms. The first-order valence-electron chi connectivity index (χ1n) is 6.61. The van der Waals surface area contributed by atoms with Gasteiger partial charge >= 0.3 is 0 Å². The minimum absolute atomic E-state index is 0.0183. The Morgan fingerprint density at radius 2 is 1.73 bits per heavy atom. The third-order valence-corrected chi connectivity index (χ3v) is 7.16. The number of sulfonamides is 1. The highest BCUT2D eigenvalue weighted by Gasteiger charge is 2.37. The van der Waals surface area contributed by atoms with Crippen molar-refractivity contribution >= 4 is 19.9 Å². The molecule has 1 atom stereocenters. The smallest absolute Gasteiger partial charge is 0.243 e. The average Bonchev–Trinajstić information content (AvgIpc) is 2.97. The summed E-state index contributed by atoms with van der Waals surface area (Å²) in [6.45, 7) is 0.171. The number of hydrogen-bond donors (Lipinski definition) is 0. The zero-order valence-electron chi connectivity index (χ0n) is 12.6. The molecule has 124 valence electrons. The molecular formula is C13H19NO6S2. The van der Waals surface area contributed by atoms with Crippen LogP contribution in [0.2, 0.25) is 0 Å². The Balaban J connectivity index is 2.32. The number of benzene rings is 1. The molecular weight excluding hydrogens is 330 g/mol. The van der Waals surface area contributed by atoms with Crippen molar-refractivity contribution in [3.63, 3.8) is 0 Å². The van der Waals surface area contributed by atoms with E-state index in [0.717, 1.165) is 6.26 Å². The van der Waals surface area contributed by atoms with Crippen LogP contribution in [0, 0.1) is 0 Å². The van der Waals surface area contributed by atoms with Crippen molar-refractivity contribution < 1.29 is 26.3 Å². The van der Waals surface area contributed by atoms with Crippen LogP contribution in [0.1, 0.15) is 6.42 Å². The summed E-state index contributed by atoms with van der Waals surface area (Å²) in [6.07, 6.45) is 1.44. The van der Waals surface area contributed by atoms with E-state index in [0.29, 0.717) is 17.9 Å². The normalized spacial score (nSPS) is 20.0. The van der Waals surface area contributed by atoms with E-state index >= 15 is 0 Å². The third-order valence-electron chi connectivity index (χ3n) is 3.71. The molecule has 0 N–H and O–H groups in total. The molecule has 0 spiro atoms. The fourth-order valence-corrected chi connectivity index (χ4v) is 4.99. The number of methoxy groups -OCH3 is 2. The van der Waals surface area contributed by atoms with E-state index in [1.807, 2.05) is 0 Å². The summed E-state index contributed by atoms with van der Waals surface area (Å²) in [6, 6.07) is 4.31. The van der Waals surface area contributed by atoms with Crippen molar-refractivity contribution in [1.29, 1.82) is 0 Å². The highest BCUT2D eigenvalue weighted by atomic mass is 32.2. The van der Waals surface area contributed by atoms with E-state index in [2.05, 4.69) is 0 Å². The van der Waals surface area contributed by atoms with E-state index in [1.54, 1.807) is 0 Å². The molecule has 0 amide bonds. The van der Waals surface area contributed by atoms with Crippen molar-refractivity contribution in [1.82, 2.24) is 4.31 Å². The second kappa shape index (κ2) is 6.05. The van der Waals surface area contributed by atoms with Crippen LogP contribution in [-0.4, -0.2) is 60.0 Å². The van der Waals surface area contributed by atoms with Gasteiger partial charge in [-0.2, -0.15) is 4.31 Å². The Hall–Kier alpha value is -1.32. The van der Waals surface area contributed by atoms with E-state index in [1.165, 1.54) is 36.7 Å². The molecule has 0 aliphatic carbocycles.